The third-order valence-electron chi connectivity index (χ3n) is 4.64. The van der Waals surface area contributed by atoms with Gasteiger partial charge in [0.15, 0.2) is 0 Å². The third-order valence-corrected chi connectivity index (χ3v) is 4.64. The molecule has 0 aromatic carbocycles. The average molecular weight is 281 g/mol. The smallest absolute Gasteiger partial charge is 0.225 e. The molecule has 114 valence electrons. The van der Waals surface area contributed by atoms with E-state index in [-0.39, 0.29) is 23.8 Å². The molecule has 20 heavy (non-hydrogen) atoms. The van der Waals surface area contributed by atoms with Crippen molar-refractivity contribution in [2.75, 3.05) is 26.2 Å². The van der Waals surface area contributed by atoms with E-state index < -0.39 is 0 Å². The summed E-state index contributed by atoms with van der Waals surface area (Å²) in [6.45, 7) is 7.32. The van der Waals surface area contributed by atoms with Crippen LogP contribution in [-0.2, 0) is 9.59 Å². The molecule has 0 aliphatic carbocycles. The van der Waals surface area contributed by atoms with Crippen molar-refractivity contribution >= 4 is 11.8 Å². The second-order valence-corrected chi connectivity index (χ2v) is 5.98. The molecule has 0 bridgehead atoms. The monoisotopic (exact) mass is 281 g/mol. The summed E-state index contributed by atoms with van der Waals surface area (Å²) in [6, 6.07) is 0.244. The number of amides is 2. The first kappa shape index (κ1) is 15.3. The molecule has 0 aromatic heterocycles. The van der Waals surface area contributed by atoms with E-state index in [1.165, 1.54) is 0 Å². The summed E-state index contributed by atoms with van der Waals surface area (Å²) in [6.07, 6.45) is 3.61. The summed E-state index contributed by atoms with van der Waals surface area (Å²) in [5.74, 6) is 0.790. The molecule has 2 heterocycles. The number of hydrogen-bond acceptors (Lipinski definition) is 3. The molecule has 0 spiro atoms. The summed E-state index contributed by atoms with van der Waals surface area (Å²) in [5, 5.41) is 6.23. The number of nitrogens with one attached hydrogen (secondary N) is 2. The van der Waals surface area contributed by atoms with Crippen molar-refractivity contribution in [1.82, 2.24) is 15.5 Å². The standard InChI is InChI=1S/C15H27N3O2/c1-3-11(4-2)15(20)18-7-5-13(6-8-18)17-14(19)12-9-16-10-12/h11-13,16H,3-10H2,1-2H3,(H,17,19). The maximum Gasteiger partial charge on any atom is 0.225 e. The van der Waals surface area contributed by atoms with Gasteiger partial charge in [0, 0.05) is 38.1 Å². The summed E-state index contributed by atoms with van der Waals surface area (Å²) in [5.41, 5.74) is 0. The Labute approximate surface area is 121 Å². The zero-order valence-electron chi connectivity index (χ0n) is 12.7. The van der Waals surface area contributed by atoms with E-state index in [2.05, 4.69) is 24.5 Å². The van der Waals surface area contributed by atoms with Gasteiger partial charge < -0.3 is 15.5 Å². The fraction of sp³-hybridized carbons (Fsp3) is 0.867. The van der Waals surface area contributed by atoms with Gasteiger partial charge in [-0.25, -0.2) is 0 Å². The van der Waals surface area contributed by atoms with Crippen LogP contribution in [0.25, 0.3) is 0 Å². The van der Waals surface area contributed by atoms with Gasteiger partial charge in [-0.1, -0.05) is 13.8 Å². The molecule has 0 saturated carbocycles. The van der Waals surface area contributed by atoms with E-state index in [0.717, 1.165) is 51.9 Å². The van der Waals surface area contributed by atoms with Crippen LogP contribution in [0.1, 0.15) is 39.5 Å². The number of carbonyl (C=O) groups excluding carboxylic acids is 2. The van der Waals surface area contributed by atoms with Crippen LogP contribution in [-0.4, -0.2) is 48.9 Å². The first-order valence-electron chi connectivity index (χ1n) is 7.95. The molecule has 0 radical (unpaired) electrons. The van der Waals surface area contributed by atoms with Crippen LogP contribution in [0.3, 0.4) is 0 Å². The van der Waals surface area contributed by atoms with Crippen molar-refractivity contribution in [1.29, 1.82) is 0 Å². The molecule has 5 nitrogen and oxygen atoms in total. The SMILES string of the molecule is CCC(CC)C(=O)N1CCC(NC(=O)C2CNC2)CC1. The van der Waals surface area contributed by atoms with E-state index in [4.69, 9.17) is 0 Å². The highest BCUT2D eigenvalue weighted by Crippen LogP contribution is 2.17. The summed E-state index contributed by atoms with van der Waals surface area (Å²) < 4.78 is 0. The molecule has 5 heteroatoms. The zero-order valence-corrected chi connectivity index (χ0v) is 12.7. The largest absolute Gasteiger partial charge is 0.353 e. The lowest BCUT2D eigenvalue weighted by atomic mass is 9.97. The van der Waals surface area contributed by atoms with E-state index in [1.807, 2.05) is 4.90 Å². The molecule has 2 N–H and O–H groups in total. The van der Waals surface area contributed by atoms with Gasteiger partial charge in [-0.05, 0) is 25.7 Å². The fourth-order valence-corrected chi connectivity index (χ4v) is 2.93. The lowest BCUT2D eigenvalue weighted by Gasteiger charge is -2.35. The van der Waals surface area contributed by atoms with Gasteiger partial charge >= 0.3 is 0 Å². The second kappa shape index (κ2) is 7.07. The Morgan fingerprint density at radius 3 is 2.25 bits per heavy atom. The van der Waals surface area contributed by atoms with Crippen molar-refractivity contribution in [3.05, 3.63) is 0 Å². The van der Waals surface area contributed by atoms with Gasteiger partial charge in [0.25, 0.3) is 0 Å². The maximum atomic E-state index is 12.3. The normalized spacial score (nSPS) is 20.9. The predicted octanol–water partition coefficient (Wildman–Crippen LogP) is 0.749. The van der Waals surface area contributed by atoms with Crippen LogP contribution >= 0.6 is 0 Å². The first-order valence-corrected chi connectivity index (χ1v) is 7.95. The number of nitrogens with zero attached hydrogens (tertiary/aromatic N) is 1. The van der Waals surface area contributed by atoms with Gasteiger partial charge in [-0.15, -0.1) is 0 Å². The minimum Gasteiger partial charge on any atom is -0.353 e. The Balaban J connectivity index is 1.74. The number of piperidine rings is 1. The highest BCUT2D eigenvalue weighted by molar-refractivity contribution is 5.80. The van der Waals surface area contributed by atoms with Gasteiger partial charge in [0.05, 0.1) is 5.92 Å². The van der Waals surface area contributed by atoms with E-state index in [1.54, 1.807) is 0 Å². The summed E-state index contributed by atoms with van der Waals surface area (Å²) in [4.78, 5) is 26.1. The fourth-order valence-electron chi connectivity index (χ4n) is 2.93. The molecular formula is C15H27N3O2. The van der Waals surface area contributed by atoms with Crippen LogP contribution < -0.4 is 10.6 Å². The quantitative estimate of drug-likeness (QED) is 0.782. The van der Waals surface area contributed by atoms with Crippen molar-refractivity contribution < 1.29 is 9.59 Å². The highest BCUT2D eigenvalue weighted by atomic mass is 16.2. The predicted molar refractivity (Wildman–Crippen MR) is 78.2 cm³/mol. The number of likely N-dealkylation sites (tertiary alicyclic amines) is 1. The van der Waals surface area contributed by atoms with Gasteiger partial charge in [0.2, 0.25) is 11.8 Å². The van der Waals surface area contributed by atoms with Crippen LogP contribution in [0.5, 0.6) is 0 Å². The minimum absolute atomic E-state index is 0.152. The topological polar surface area (TPSA) is 61.4 Å². The molecule has 2 aliphatic rings. The van der Waals surface area contributed by atoms with Crippen LogP contribution in [0, 0.1) is 11.8 Å². The summed E-state index contributed by atoms with van der Waals surface area (Å²) >= 11 is 0. The van der Waals surface area contributed by atoms with Crippen LogP contribution in [0.15, 0.2) is 0 Å². The van der Waals surface area contributed by atoms with Gasteiger partial charge in [-0.2, -0.15) is 0 Å². The third kappa shape index (κ3) is 3.51. The van der Waals surface area contributed by atoms with Crippen LogP contribution in [0.2, 0.25) is 0 Å². The number of rotatable bonds is 5. The van der Waals surface area contributed by atoms with Crippen molar-refractivity contribution in [2.45, 2.75) is 45.6 Å². The molecule has 2 saturated heterocycles. The van der Waals surface area contributed by atoms with Gasteiger partial charge in [0.1, 0.15) is 0 Å². The van der Waals surface area contributed by atoms with E-state index in [9.17, 15) is 9.59 Å². The Morgan fingerprint density at radius 1 is 1.20 bits per heavy atom. The molecule has 0 atom stereocenters. The zero-order chi connectivity index (χ0) is 14.5. The maximum absolute atomic E-state index is 12.3. The van der Waals surface area contributed by atoms with Crippen LogP contribution in [0.4, 0.5) is 0 Å². The molecule has 0 aromatic rings. The Bertz CT molecular complexity index is 343. The first-order chi connectivity index (χ1) is 9.65. The Morgan fingerprint density at radius 2 is 1.80 bits per heavy atom. The molecular weight excluding hydrogens is 254 g/mol. The molecule has 2 fully saturated rings. The lowest BCUT2D eigenvalue weighted by molar-refractivity contribution is -0.137. The molecule has 2 amide bonds. The van der Waals surface area contributed by atoms with E-state index in [0.29, 0.717) is 5.91 Å². The van der Waals surface area contributed by atoms with Gasteiger partial charge in [-0.3, -0.25) is 9.59 Å². The second-order valence-electron chi connectivity index (χ2n) is 5.98. The summed E-state index contributed by atoms with van der Waals surface area (Å²) in [7, 11) is 0. The van der Waals surface area contributed by atoms with Crippen molar-refractivity contribution in [3.63, 3.8) is 0 Å². The average Bonchev–Trinajstić information content (AvgIpc) is 2.38. The molecule has 2 aliphatic heterocycles. The van der Waals surface area contributed by atoms with E-state index >= 15 is 0 Å². The number of carbonyl (C=O) groups is 2. The Hall–Kier alpha value is -1.10. The molecule has 0 unspecified atom stereocenters. The highest BCUT2D eigenvalue weighted by Gasteiger charge is 2.30. The minimum atomic E-state index is 0.152. The van der Waals surface area contributed by atoms with Crippen molar-refractivity contribution in [2.24, 2.45) is 11.8 Å². The lowest BCUT2D eigenvalue weighted by Crippen LogP contribution is -2.54. The van der Waals surface area contributed by atoms with Crippen molar-refractivity contribution in [3.8, 4) is 0 Å². The Kier molecular flexibility index (Phi) is 5.40. The molecule has 2 rings (SSSR count). The number of hydrogen-bond donors (Lipinski definition) is 2.